The lowest BCUT2D eigenvalue weighted by molar-refractivity contribution is -0.121. The lowest BCUT2D eigenvalue weighted by Gasteiger charge is -2.43. The zero-order valence-corrected chi connectivity index (χ0v) is 11.4. The Balaban J connectivity index is 3.17. The van der Waals surface area contributed by atoms with Crippen molar-refractivity contribution in [3.05, 3.63) is 35.5 Å². The number of aliphatic hydroxyl groups is 1. The highest BCUT2D eigenvalue weighted by Crippen LogP contribution is 2.44. The fourth-order valence-electron chi connectivity index (χ4n) is 2.28. The molecule has 18 heavy (non-hydrogen) atoms. The van der Waals surface area contributed by atoms with Crippen LogP contribution in [-0.4, -0.2) is 22.8 Å². The van der Waals surface area contributed by atoms with E-state index in [9.17, 15) is 14.7 Å². The van der Waals surface area contributed by atoms with Crippen molar-refractivity contribution in [2.24, 2.45) is 5.41 Å². The molecule has 0 aromatic heterocycles. The van der Waals surface area contributed by atoms with E-state index in [4.69, 9.17) is 0 Å². The van der Waals surface area contributed by atoms with E-state index in [0.29, 0.717) is 18.3 Å². The standard InChI is InChI=1S/C15H20O3/c1-11(6-8-16)5-7-15(18)12(2)9-13(17)10-14(15,3)4/h5-9,18H,10H2,1-4H3. The van der Waals surface area contributed by atoms with Crippen molar-refractivity contribution in [1.29, 1.82) is 0 Å². The average Bonchev–Trinajstić information content (AvgIpc) is 2.23. The van der Waals surface area contributed by atoms with Crippen molar-refractivity contribution in [1.82, 2.24) is 0 Å². The highest BCUT2D eigenvalue weighted by molar-refractivity contribution is 5.92. The molecule has 3 heteroatoms. The molecule has 0 heterocycles. The minimum absolute atomic E-state index is 0.0377. The summed E-state index contributed by atoms with van der Waals surface area (Å²) in [4.78, 5) is 21.9. The van der Waals surface area contributed by atoms with Gasteiger partial charge in [-0.1, -0.05) is 19.9 Å². The zero-order chi connectivity index (χ0) is 14.0. The average molecular weight is 248 g/mol. The summed E-state index contributed by atoms with van der Waals surface area (Å²) in [6, 6.07) is 0. The number of hydrogen-bond donors (Lipinski definition) is 1. The quantitative estimate of drug-likeness (QED) is 0.474. The van der Waals surface area contributed by atoms with Crippen molar-refractivity contribution in [2.75, 3.05) is 0 Å². The van der Waals surface area contributed by atoms with Gasteiger partial charge in [0.1, 0.15) is 11.9 Å². The van der Waals surface area contributed by atoms with Crippen LogP contribution in [0.25, 0.3) is 0 Å². The van der Waals surface area contributed by atoms with Crippen LogP contribution in [-0.2, 0) is 9.59 Å². The van der Waals surface area contributed by atoms with Gasteiger partial charge >= 0.3 is 0 Å². The predicted molar refractivity (Wildman–Crippen MR) is 71.1 cm³/mol. The number of carbonyl (C=O) groups is 2. The van der Waals surface area contributed by atoms with Gasteiger partial charge in [-0.05, 0) is 43.2 Å². The molecule has 1 N–H and O–H groups in total. The second-order valence-corrected chi connectivity index (χ2v) is 5.50. The number of rotatable bonds is 3. The summed E-state index contributed by atoms with van der Waals surface area (Å²) in [6.07, 6.45) is 7.32. The Morgan fingerprint density at radius 2 is 2.06 bits per heavy atom. The molecular formula is C15H20O3. The third-order valence-corrected chi connectivity index (χ3v) is 3.55. The molecule has 1 aliphatic carbocycles. The SMILES string of the molecule is CC(C=CC1(O)C(C)=CC(=O)CC1(C)C)=CC=O. The van der Waals surface area contributed by atoms with Crippen molar-refractivity contribution in [3.63, 3.8) is 0 Å². The number of ketones is 1. The highest BCUT2D eigenvalue weighted by Gasteiger charge is 2.46. The second-order valence-electron chi connectivity index (χ2n) is 5.50. The van der Waals surface area contributed by atoms with E-state index in [1.807, 2.05) is 13.8 Å². The van der Waals surface area contributed by atoms with Crippen LogP contribution in [0.15, 0.2) is 35.5 Å². The molecule has 1 rings (SSSR count). The molecule has 0 saturated heterocycles. The van der Waals surface area contributed by atoms with E-state index in [0.717, 1.165) is 5.57 Å². The molecule has 0 aliphatic heterocycles. The number of allylic oxidation sites excluding steroid dienone is 4. The fraction of sp³-hybridized carbons (Fsp3) is 0.467. The maximum Gasteiger partial charge on any atom is 0.156 e. The van der Waals surface area contributed by atoms with Gasteiger partial charge in [-0.25, -0.2) is 0 Å². The van der Waals surface area contributed by atoms with Crippen LogP contribution in [0.5, 0.6) is 0 Å². The van der Waals surface area contributed by atoms with Gasteiger partial charge in [0.05, 0.1) is 0 Å². The first kappa shape index (κ1) is 14.6. The van der Waals surface area contributed by atoms with Crippen LogP contribution < -0.4 is 0 Å². The molecular weight excluding hydrogens is 228 g/mol. The summed E-state index contributed by atoms with van der Waals surface area (Å²) in [5.41, 5.74) is -0.308. The highest BCUT2D eigenvalue weighted by atomic mass is 16.3. The van der Waals surface area contributed by atoms with E-state index in [-0.39, 0.29) is 5.78 Å². The lowest BCUT2D eigenvalue weighted by Crippen LogP contribution is -2.48. The Labute approximate surface area is 108 Å². The van der Waals surface area contributed by atoms with Crippen LogP contribution in [0, 0.1) is 5.41 Å². The molecule has 0 radical (unpaired) electrons. The molecule has 0 aromatic carbocycles. The molecule has 98 valence electrons. The van der Waals surface area contributed by atoms with Gasteiger partial charge in [0, 0.05) is 11.8 Å². The summed E-state index contributed by atoms with van der Waals surface area (Å²) < 4.78 is 0. The Morgan fingerprint density at radius 1 is 1.44 bits per heavy atom. The molecule has 0 bridgehead atoms. The van der Waals surface area contributed by atoms with Crippen molar-refractivity contribution < 1.29 is 14.7 Å². The van der Waals surface area contributed by atoms with E-state index < -0.39 is 11.0 Å². The Morgan fingerprint density at radius 3 is 2.56 bits per heavy atom. The van der Waals surface area contributed by atoms with Crippen LogP contribution in [0.3, 0.4) is 0 Å². The largest absolute Gasteiger partial charge is 0.381 e. The Bertz CT molecular complexity index is 452. The van der Waals surface area contributed by atoms with E-state index in [1.165, 1.54) is 12.2 Å². The summed E-state index contributed by atoms with van der Waals surface area (Å²) >= 11 is 0. The summed E-state index contributed by atoms with van der Waals surface area (Å²) in [6.45, 7) is 7.27. The van der Waals surface area contributed by atoms with Gasteiger partial charge in [0.15, 0.2) is 5.78 Å². The third kappa shape index (κ3) is 2.67. The van der Waals surface area contributed by atoms with Crippen LogP contribution >= 0.6 is 0 Å². The normalized spacial score (nSPS) is 28.4. The van der Waals surface area contributed by atoms with Gasteiger partial charge in [-0.2, -0.15) is 0 Å². The first-order valence-electron chi connectivity index (χ1n) is 5.98. The summed E-state index contributed by atoms with van der Waals surface area (Å²) in [5.74, 6) is 0.0377. The number of hydrogen-bond acceptors (Lipinski definition) is 3. The van der Waals surface area contributed by atoms with Gasteiger partial charge in [-0.3, -0.25) is 9.59 Å². The number of aldehydes is 1. The molecule has 0 spiro atoms. The van der Waals surface area contributed by atoms with Crippen LogP contribution in [0.4, 0.5) is 0 Å². The fourth-order valence-corrected chi connectivity index (χ4v) is 2.28. The van der Waals surface area contributed by atoms with E-state index in [1.54, 1.807) is 26.0 Å². The topological polar surface area (TPSA) is 54.4 Å². The molecule has 1 aliphatic rings. The van der Waals surface area contributed by atoms with Gasteiger partial charge in [0.25, 0.3) is 0 Å². The van der Waals surface area contributed by atoms with E-state index >= 15 is 0 Å². The molecule has 0 aromatic rings. The summed E-state index contributed by atoms with van der Waals surface area (Å²) in [5, 5.41) is 10.8. The van der Waals surface area contributed by atoms with Gasteiger partial charge in [0.2, 0.25) is 0 Å². The van der Waals surface area contributed by atoms with Crippen molar-refractivity contribution in [2.45, 2.75) is 39.7 Å². The van der Waals surface area contributed by atoms with Gasteiger partial charge in [-0.15, -0.1) is 0 Å². The predicted octanol–water partition coefficient (Wildman–Crippen LogP) is 2.36. The minimum atomic E-state index is -1.15. The minimum Gasteiger partial charge on any atom is -0.381 e. The van der Waals surface area contributed by atoms with Crippen LogP contribution in [0.1, 0.15) is 34.1 Å². The Hall–Kier alpha value is -1.48. The monoisotopic (exact) mass is 248 g/mol. The van der Waals surface area contributed by atoms with Crippen molar-refractivity contribution in [3.8, 4) is 0 Å². The zero-order valence-electron chi connectivity index (χ0n) is 11.4. The third-order valence-electron chi connectivity index (χ3n) is 3.55. The molecule has 0 saturated carbocycles. The van der Waals surface area contributed by atoms with Crippen molar-refractivity contribution >= 4 is 12.1 Å². The molecule has 1 atom stereocenters. The molecule has 1 unspecified atom stereocenters. The Kier molecular flexibility index (Phi) is 4.07. The first-order chi connectivity index (χ1) is 8.23. The van der Waals surface area contributed by atoms with E-state index in [2.05, 4.69) is 0 Å². The first-order valence-corrected chi connectivity index (χ1v) is 5.98. The number of carbonyl (C=O) groups excluding carboxylic acids is 2. The summed E-state index contributed by atoms with van der Waals surface area (Å²) in [7, 11) is 0. The molecule has 0 fully saturated rings. The second kappa shape index (κ2) is 5.02. The van der Waals surface area contributed by atoms with Crippen LogP contribution in [0.2, 0.25) is 0 Å². The lowest BCUT2D eigenvalue weighted by atomic mass is 9.64. The maximum atomic E-state index is 11.5. The molecule has 3 nitrogen and oxygen atoms in total. The molecule has 0 amide bonds. The maximum absolute atomic E-state index is 11.5. The van der Waals surface area contributed by atoms with Gasteiger partial charge < -0.3 is 5.11 Å². The smallest absolute Gasteiger partial charge is 0.156 e.